The Bertz CT molecular complexity index is 248. The molecule has 1 heteroatoms. The first-order chi connectivity index (χ1) is 6.24. The van der Waals surface area contributed by atoms with E-state index in [0.29, 0.717) is 0 Å². The molecule has 72 valence electrons. The van der Waals surface area contributed by atoms with Crippen LogP contribution in [0.25, 0.3) is 0 Å². The molecule has 0 amide bonds. The first-order valence-corrected chi connectivity index (χ1v) is 5.71. The van der Waals surface area contributed by atoms with Crippen molar-refractivity contribution in [1.29, 1.82) is 0 Å². The number of carbonyl (C=O) groups excluding carboxylic acids is 1. The summed E-state index contributed by atoms with van der Waals surface area (Å²) in [6.45, 7) is 2.19. The standard InChI is InChI=1S/C12H18O/c1-12(7-13)6-8-5-11(12)10-4-2-3-9(8)10/h7-11H,2-6H2,1H3. The van der Waals surface area contributed by atoms with Gasteiger partial charge in [0.2, 0.25) is 0 Å². The van der Waals surface area contributed by atoms with Gasteiger partial charge in [0, 0.05) is 5.41 Å². The van der Waals surface area contributed by atoms with E-state index in [-0.39, 0.29) is 5.41 Å². The lowest BCUT2D eigenvalue weighted by atomic mass is 9.67. The predicted molar refractivity (Wildman–Crippen MR) is 51.2 cm³/mol. The van der Waals surface area contributed by atoms with Crippen molar-refractivity contribution in [2.75, 3.05) is 0 Å². The fraction of sp³-hybridized carbons (Fsp3) is 0.917. The lowest BCUT2D eigenvalue weighted by Gasteiger charge is -2.36. The molecule has 0 heterocycles. The smallest absolute Gasteiger partial charge is 0.126 e. The second kappa shape index (κ2) is 2.37. The van der Waals surface area contributed by atoms with Gasteiger partial charge in [-0.25, -0.2) is 0 Å². The maximum atomic E-state index is 11.1. The Kier molecular flexibility index (Phi) is 1.46. The minimum atomic E-state index is 0.0656. The number of fused-ring (bicyclic) bond motifs is 5. The lowest BCUT2D eigenvalue weighted by molar-refractivity contribution is -0.119. The highest BCUT2D eigenvalue weighted by Crippen LogP contribution is 2.64. The van der Waals surface area contributed by atoms with Crippen LogP contribution in [0.3, 0.4) is 0 Å². The van der Waals surface area contributed by atoms with E-state index in [1.165, 1.54) is 38.4 Å². The van der Waals surface area contributed by atoms with Gasteiger partial charge in [-0.1, -0.05) is 13.3 Å². The van der Waals surface area contributed by atoms with E-state index in [4.69, 9.17) is 0 Å². The summed E-state index contributed by atoms with van der Waals surface area (Å²) in [6.07, 6.45) is 8.12. The van der Waals surface area contributed by atoms with Crippen molar-refractivity contribution in [1.82, 2.24) is 0 Å². The van der Waals surface area contributed by atoms with Gasteiger partial charge in [-0.05, 0) is 49.4 Å². The minimum Gasteiger partial charge on any atom is -0.303 e. The Labute approximate surface area is 79.9 Å². The van der Waals surface area contributed by atoms with Crippen molar-refractivity contribution < 1.29 is 4.79 Å². The van der Waals surface area contributed by atoms with Crippen LogP contribution in [0.5, 0.6) is 0 Å². The fourth-order valence-electron chi connectivity index (χ4n) is 4.62. The molecule has 0 radical (unpaired) electrons. The topological polar surface area (TPSA) is 17.1 Å². The van der Waals surface area contributed by atoms with Crippen LogP contribution in [0.2, 0.25) is 0 Å². The Morgan fingerprint density at radius 1 is 1.31 bits per heavy atom. The molecule has 0 aliphatic heterocycles. The molecule has 5 atom stereocenters. The first kappa shape index (κ1) is 8.02. The summed E-state index contributed by atoms with van der Waals surface area (Å²) in [5.41, 5.74) is 0.0656. The highest BCUT2D eigenvalue weighted by atomic mass is 16.1. The Hall–Kier alpha value is -0.330. The SMILES string of the molecule is CC1(C=O)CC2CC1C1CCCC21. The van der Waals surface area contributed by atoms with Gasteiger partial charge in [0.1, 0.15) is 6.29 Å². The number of carbonyl (C=O) groups is 1. The molecule has 13 heavy (non-hydrogen) atoms. The molecule has 0 N–H and O–H groups in total. The molecule has 2 bridgehead atoms. The average molecular weight is 178 g/mol. The molecule has 5 unspecified atom stereocenters. The average Bonchev–Trinajstić information content (AvgIpc) is 2.72. The van der Waals surface area contributed by atoms with Crippen LogP contribution in [0.15, 0.2) is 0 Å². The van der Waals surface area contributed by atoms with E-state index in [1.807, 2.05) is 0 Å². The summed E-state index contributed by atoms with van der Waals surface area (Å²) >= 11 is 0. The predicted octanol–water partition coefficient (Wildman–Crippen LogP) is 2.65. The molecular formula is C12H18O. The molecule has 0 aromatic heterocycles. The van der Waals surface area contributed by atoms with Crippen molar-refractivity contribution in [3.05, 3.63) is 0 Å². The van der Waals surface area contributed by atoms with Crippen LogP contribution in [-0.2, 0) is 4.79 Å². The van der Waals surface area contributed by atoms with Crippen LogP contribution < -0.4 is 0 Å². The second-order valence-corrected chi connectivity index (χ2v) is 5.69. The van der Waals surface area contributed by atoms with E-state index >= 15 is 0 Å². The molecule has 0 spiro atoms. The molecule has 3 fully saturated rings. The van der Waals surface area contributed by atoms with Gasteiger partial charge in [0.25, 0.3) is 0 Å². The van der Waals surface area contributed by atoms with Crippen molar-refractivity contribution in [3.63, 3.8) is 0 Å². The summed E-state index contributed by atoms with van der Waals surface area (Å²) in [5, 5.41) is 0. The van der Waals surface area contributed by atoms with Gasteiger partial charge in [-0.3, -0.25) is 0 Å². The van der Waals surface area contributed by atoms with E-state index in [1.54, 1.807) is 0 Å². The normalized spacial score (nSPS) is 58.2. The number of hydrogen-bond donors (Lipinski definition) is 0. The van der Waals surface area contributed by atoms with E-state index < -0.39 is 0 Å². The minimum absolute atomic E-state index is 0.0656. The van der Waals surface area contributed by atoms with E-state index in [0.717, 1.165) is 23.7 Å². The maximum absolute atomic E-state index is 11.1. The summed E-state index contributed by atoms with van der Waals surface area (Å²) in [7, 11) is 0. The monoisotopic (exact) mass is 178 g/mol. The molecule has 3 aliphatic rings. The molecule has 0 saturated heterocycles. The Balaban J connectivity index is 1.93. The van der Waals surface area contributed by atoms with Gasteiger partial charge < -0.3 is 4.79 Å². The van der Waals surface area contributed by atoms with Gasteiger partial charge in [0.15, 0.2) is 0 Å². The van der Waals surface area contributed by atoms with Crippen molar-refractivity contribution in [2.45, 2.75) is 39.0 Å². The van der Waals surface area contributed by atoms with Crippen molar-refractivity contribution in [2.24, 2.45) is 29.1 Å². The molecular weight excluding hydrogens is 160 g/mol. The maximum Gasteiger partial charge on any atom is 0.126 e. The van der Waals surface area contributed by atoms with Gasteiger partial charge in [0.05, 0.1) is 0 Å². The summed E-state index contributed by atoms with van der Waals surface area (Å²) in [5.74, 6) is 3.60. The quantitative estimate of drug-likeness (QED) is 0.564. The third-order valence-electron chi connectivity index (χ3n) is 5.12. The summed E-state index contributed by atoms with van der Waals surface area (Å²) in [4.78, 5) is 11.1. The molecule has 3 rings (SSSR count). The fourth-order valence-corrected chi connectivity index (χ4v) is 4.62. The van der Waals surface area contributed by atoms with E-state index in [2.05, 4.69) is 6.92 Å². The highest BCUT2D eigenvalue weighted by Gasteiger charge is 2.58. The van der Waals surface area contributed by atoms with Crippen LogP contribution in [0.4, 0.5) is 0 Å². The van der Waals surface area contributed by atoms with Crippen molar-refractivity contribution in [3.8, 4) is 0 Å². The van der Waals surface area contributed by atoms with Crippen molar-refractivity contribution >= 4 is 6.29 Å². The molecule has 0 aromatic rings. The molecule has 3 aliphatic carbocycles. The van der Waals surface area contributed by atoms with Gasteiger partial charge >= 0.3 is 0 Å². The zero-order valence-electron chi connectivity index (χ0n) is 8.33. The number of rotatable bonds is 1. The van der Waals surface area contributed by atoms with Crippen LogP contribution in [0, 0.1) is 29.1 Å². The van der Waals surface area contributed by atoms with Gasteiger partial charge in [-0.2, -0.15) is 0 Å². The lowest BCUT2D eigenvalue weighted by Crippen LogP contribution is -2.34. The zero-order chi connectivity index (χ0) is 9.05. The largest absolute Gasteiger partial charge is 0.303 e. The Morgan fingerprint density at radius 2 is 2.08 bits per heavy atom. The summed E-state index contributed by atoms with van der Waals surface area (Å²) in [6, 6.07) is 0. The number of aldehydes is 1. The highest BCUT2D eigenvalue weighted by molar-refractivity contribution is 5.60. The van der Waals surface area contributed by atoms with Gasteiger partial charge in [-0.15, -0.1) is 0 Å². The second-order valence-electron chi connectivity index (χ2n) is 5.69. The Morgan fingerprint density at radius 3 is 2.85 bits per heavy atom. The third-order valence-corrected chi connectivity index (χ3v) is 5.12. The van der Waals surface area contributed by atoms with Crippen LogP contribution >= 0.6 is 0 Å². The first-order valence-electron chi connectivity index (χ1n) is 5.71. The van der Waals surface area contributed by atoms with Crippen LogP contribution in [0.1, 0.15) is 39.0 Å². The molecule has 1 nitrogen and oxygen atoms in total. The molecule has 0 aromatic carbocycles. The van der Waals surface area contributed by atoms with Crippen LogP contribution in [-0.4, -0.2) is 6.29 Å². The van der Waals surface area contributed by atoms with E-state index in [9.17, 15) is 4.79 Å². The molecule has 3 saturated carbocycles. The third kappa shape index (κ3) is 0.858. The summed E-state index contributed by atoms with van der Waals surface area (Å²) < 4.78 is 0. The zero-order valence-corrected chi connectivity index (χ0v) is 8.33. The number of hydrogen-bond acceptors (Lipinski definition) is 1.